The third kappa shape index (κ3) is 8.51. The van der Waals surface area contributed by atoms with Gasteiger partial charge in [0.1, 0.15) is 0 Å². The minimum Gasteiger partial charge on any atom is -0.364 e. The number of nitrogens with one attached hydrogen (secondary N) is 2. The van der Waals surface area contributed by atoms with Crippen LogP contribution in [0.25, 0.3) is 0 Å². The van der Waals surface area contributed by atoms with Crippen molar-refractivity contribution in [2.24, 2.45) is 11.7 Å². The molecule has 0 bridgehead atoms. The van der Waals surface area contributed by atoms with Crippen molar-refractivity contribution in [3.63, 3.8) is 0 Å². The molecule has 40 heavy (non-hydrogen) atoms. The Labute approximate surface area is 236 Å². The second-order valence-corrected chi connectivity index (χ2v) is 10.3. The number of amides is 3. The summed E-state index contributed by atoms with van der Waals surface area (Å²) in [5.41, 5.74) is 8.10. The third-order valence-corrected chi connectivity index (χ3v) is 6.80. The van der Waals surface area contributed by atoms with E-state index in [0.717, 1.165) is 43.3 Å². The van der Waals surface area contributed by atoms with Gasteiger partial charge in [0.25, 0.3) is 5.91 Å². The maximum Gasteiger partial charge on any atom is 0.271 e. The number of benzene rings is 1. The lowest BCUT2D eigenvalue weighted by molar-refractivity contribution is -0.131. The fourth-order valence-electron chi connectivity index (χ4n) is 4.46. The number of carbonyl (C=O) groups is 3. The highest BCUT2D eigenvalue weighted by Gasteiger charge is 2.21. The van der Waals surface area contributed by atoms with E-state index in [1.807, 2.05) is 56.1 Å². The van der Waals surface area contributed by atoms with Crippen LogP contribution in [-0.2, 0) is 22.4 Å². The minimum atomic E-state index is -0.654. The van der Waals surface area contributed by atoms with E-state index >= 15 is 0 Å². The molecule has 4 N–H and O–H groups in total. The molecule has 1 aliphatic rings. The number of likely N-dealkylation sites (tertiary alicyclic amines) is 1. The van der Waals surface area contributed by atoms with Gasteiger partial charge in [0, 0.05) is 58.6 Å². The highest BCUT2D eigenvalue weighted by atomic mass is 16.2. The molecule has 1 saturated heterocycles. The molecule has 1 aromatic heterocycles. The molecule has 0 radical (unpaired) electrons. The van der Waals surface area contributed by atoms with Crippen LogP contribution in [0.3, 0.4) is 0 Å². The van der Waals surface area contributed by atoms with E-state index in [4.69, 9.17) is 5.73 Å². The Hall–Kier alpha value is -3.99. The van der Waals surface area contributed by atoms with Crippen molar-refractivity contribution in [2.45, 2.75) is 33.6 Å². The number of nitrogens with zero attached hydrogens (tertiary/aromatic N) is 5. The minimum absolute atomic E-state index is 0.0115. The van der Waals surface area contributed by atoms with Crippen LogP contribution < -0.4 is 21.3 Å². The number of aromatic nitrogens is 2. The van der Waals surface area contributed by atoms with Gasteiger partial charge in [-0.05, 0) is 43.4 Å². The number of rotatable bonds is 14. The van der Waals surface area contributed by atoms with Crippen LogP contribution in [0.15, 0.2) is 36.4 Å². The van der Waals surface area contributed by atoms with Gasteiger partial charge < -0.3 is 26.2 Å². The summed E-state index contributed by atoms with van der Waals surface area (Å²) < 4.78 is 0. The number of aryl methyl sites for hydroxylation is 1. The van der Waals surface area contributed by atoms with E-state index in [0.29, 0.717) is 36.7 Å². The Bertz CT molecular complexity index is 1230. The first-order valence-corrected chi connectivity index (χ1v) is 13.8. The highest BCUT2D eigenvalue weighted by Crippen LogP contribution is 2.24. The van der Waals surface area contributed by atoms with Gasteiger partial charge in [-0.2, -0.15) is 0 Å². The second-order valence-electron chi connectivity index (χ2n) is 10.3. The zero-order valence-electron chi connectivity index (χ0n) is 24.2. The third-order valence-electron chi connectivity index (χ3n) is 6.80. The molecule has 3 amide bonds. The Balaban J connectivity index is 1.54. The predicted molar refractivity (Wildman–Crippen MR) is 158 cm³/mol. The summed E-state index contributed by atoms with van der Waals surface area (Å²) in [6.45, 7) is 10.2. The molecule has 1 aromatic carbocycles. The topological polar surface area (TPSA) is 137 Å². The molecule has 11 nitrogen and oxygen atoms in total. The average molecular weight is 551 g/mol. The normalized spacial score (nSPS) is 13.6. The maximum atomic E-state index is 12.4. The number of primary amides is 1. The highest BCUT2D eigenvalue weighted by molar-refractivity contribution is 5.96. The Morgan fingerprint density at radius 1 is 1.18 bits per heavy atom. The lowest BCUT2D eigenvalue weighted by Crippen LogP contribution is -2.45. The van der Waals surface area contributed by atoms with E-state index in [1.54, 1.807) is 7.05 Å². The fourth-order valence-corrected chi connectivity index (χ4v) is 4.46. The van der Waals surface area contributed by atoms with Crippen molar-refractivity contribution in [3.8, 4) is 0 Å². The zero-order chi connectivity index (χ0) is 29.2. The summed E-state index contributed by atoms with van der Waals surface area (Å²) >= 11 is 0. The van der Waals surface area contributed by atoms with Gasteiger partial charge in [-0.1, -0.05) is 32.1 Å². The van der Waals surface area contributed by atoms with Crippen molar-refractivity contribution in [3.05, 3.63) is 53.4 Å². The Kier molecular flexibility index (Phi) is 11.0. The summed E-state index contributed by atoms with van der Waals surface area (Å²) in [7, 11) is 3.54. The molecule has 1 fully saturated rings. The lowest BCUT2D eigenvalue weighted by Gasteiger charge is -2.36. The lowest BCUT2D eigenvalue weighted by atomic mass is 10.0. The summed E-state index contributed by atoms with van der Waals surface area (Å²) in [5.74, 6) is 0.644. The first-order chi connectivity index (χ1) is 19.1. The van der Waals surface area contributed by atoms with Crippen LogP contribution in [0.1, 0.15) is 42.5 Å². The smallest absolute Gasteiger partial charge is 0.271 e. The quantitative estimate of drug-likeness (QED) is 0.304. The van der Waals surface area contributed by atoms with Gasteiger partial charge in [-0.25, -0.2) is 9.97 Å². The fraction of sp³-hybridized carbons (Fsp3) is 0.483. The van der Waals surface area contributed by atoms with Crippen LogP contribution in [0.5, 0.6) is 0 Å². The van der Waals surface area contributed by atoms with E-state index in [1.165, 1.54) is 11.0 Å². The van der Waals surface area contributed by atoms with Crippen molar-refractivity contribution in [2.75, 3.05) is 63.6 Å². The number of hydrogen-bond donors (Lipinski definition) is 3. The molecule has 216 valence electrons. The molecule has 0 saturated carbocycles. The molecule has 0 unspecified atom stereocenters. The Morgan fingerprint density at radius 3 is 2.58 bits per heavy atom. The van der Waals surface area contributed by atoms with Gasteiger partial charge in [-0.15, -0.1) is 0 Å². The van der Waals surface area contributed by atoms with Crippen LogP contribution in [0.4, 0.5) is 17.3 Å². The molecule has 0 atom stereocenters. The molecular formula is C29H42N8O3. The maximum absolute atomic E-state index is 12.4. The van der Waals surface area contributed by atoms with E-state index in [2.05, 4.69) is 32.4 Å². The van der Waals surface area contributed by atoms with Gasteiger partial charge >= 0.3 is 0 Å². The summed E-state index contributed by atoms with van der Waals surface area (Å²) in [5, 5.41) is 6.07. The van der Waals surface area contributed by atoms with Crippen molar-refractivity contribution in [1.29, 1.82) is 0 Å². The van der Waals surface area contributed by atoms with Gasteiger partial charge in [0.15, 0.2) is 17.3 Å². The van der Waals surface area contributed by atoms with E-state index < -0.39 is 5.91 Å². The zero-order valence-corrected chi connectivity index (χ0v) is 24.2. The first kappa shape index (κ1) is 30.6. The molecule has 11 heteroatoms. The monoisotopic (exact) mass is 550 g/mol. The standard InChI is InChI=1S/C29H42N8O3/c1-6-23-29(35(4)7-2)34-28(26(33-23)27(30)40)32-22-11-8-10-21(16-22)13-14-31-24(38)19-36(5)25(39)12-9-15-37-17-20(3)18-37/h8-12,16,20H,6-7,13-15,17-19H2,1-5H3,(H2,30,40)(H,31,38)(H,32,34)/b12-9+. The van der Waals surface area contributed by atoms with E-state index in [9.17, 15) is 14.4 Å². The summed E-state index contributed by atoms with van der Waals surface area (Å²) in [6, 6.07) is 7.63. The molecule has 3 rings (SSSR count). The van der Waals surface area contributed by atoms with Crippen LogP contribution >= 0.6 is 0 Å². The molecular weight excluding hydrogens is 508 g/mol. The van der Waals surface area contributed by atoms with Gasteiger partial charge in [0.2, 0.25) is 11.8 Å². The van der Waals surface area contributed by atoms with Gasteiger partial charge in [-0.3, -0.25) is 19.3 Å². The average Bonchev–Trinajstić information content (AvgIpc) is 2.91. The Morgan fingerprint density at radius 2 is 1.93 bits per heavy atom. The van der Waals surface area contributed by atoms with Crippen LogP contribution in [0.2, 0.25) is 0 Å². The SMILES string of the molecule is CCc1nc(C(N)=O)c(Nc2cccc(CCNC(=O)CN(C)C(=O)/C=C/CN3CC(C)C3)c2)nc1N(C)CC. The predicted octanol–water partition coefficient (Wildman–Crippen LogP) is 1.96. The van der Waals surface area contributed by atoms with Crippen molar-refractivity contribution < 1.29 is 14.4 Å². The van der Waals surface area contributed by atoms with Gasteiger partial charge in [0.05, 0.1) is 12.2 Å². The first-order valence-electron chi connectivity index (χ1n) is 13.8. The molecule has 0 aliphatic carbocycles. The van der Waals surface area contributed by atoms with Crippen LogP contribution in [-0.4, -0.2) is 90.9 Å². The molecule has 2 aromatic rings. The summed E-state index contributed by atoms with van der Waals surface area (Å²) in [6.07, 6.45) is 4.58. The second kappa shape index (κ2) is 14.4. The molecule has 0 spiro atoms. The molecule has 2 heterocycles. The number of carbonyl (C=O) groups excluding carboxylic acids is 3. The van der Waals surface area contributed by atoms with Crippen molar-refractivity contribution >= 4 is 35.0 Å². The molecule has 1 aliphatic heterocycles. The number of nitrogens with two attached hydrogens (primary N) is 1. The number of anilines is 3. The largest absolute Gasteiger partial charge is 0.364 e. The number of likely N-dealkylation sites (N-methyl/N-ethyl adjacent to an activating group) is 1. The summed E-state index contributed by atoms with van der Waals surface area (Å²) in [4.78, 5) is 51.6. The number of hydrogen-bond acceptors (Lipinski definition) is 8. The van der Waals surface area contributed by atoms with E-state index in [-0.39, 0.29) is 24.1 Å². The van der Waals surface area contributed by atoms with Crippen LogP contribution in [0, 0.1) is 5.92 Å². The van der Waals surface area contributed by atoms with Crippen molar-refractivity contribution in [1.82, 2.24) is 25.1 Å².